The first kappa shape index (κ1) is 19.7. The summed E-state index contributed by atoms with van der Waals surface area (Å²) >= 11 is 1.35. The molecule has 4 rings (SSSR count). The Kier molecular flexibility index (Phi) is 6.00. The van der Waals surface area contributed by atoms with E-state index >= 15 is 0 Å². The lowest BCUT2D eigenvalue weighted by atomic mass is 10.1. The van der Waals surface area contributed by atoms with Crippen LogP contribution in [0.3, 0.4) is 0 Å². The number of carbonyl (C=O) groups is 1. The summed E-state index contributed by atoms with van der Waals surface area (Å²) in [6.45, 7) is 1.97. The molecule has 1 aliphatic carbocycles. The Morgan fingerprint density at radius 1 is 1.14 bits per heavy atom. The highest BCUT2D eigenvalue weighted by Crippen LogP contribution is 2.32. The van der Waals surface area contributed by atoms with E-state index in [0.29, 0.717) is 16.1 Å². The molecule has 1 fully saturated rings. The quantitative estimate of drug-likeness (QED) is 0.483. The molecule has 150 valence electrons. The van der Waals surface area contributed by atoms with Crippen LogP contribution in [-0.2, 0) is 4.79 Å². The van der Waals surface area contributed by atoms with Crippen LogP contribution >= 0.6 is 11.8 Å². The predicted molar refractivity (Wildman–Crippen MR) is 117 cm³/mol. The molecule has 29 heavy (non-hydrogen) atoms. The van der Waals surface area contributed by atoms with E-state index in [1.807, 2.05) is 66.1 Å². The number of nitrogens with zero attached hydrogens (tertiary/aromatic N) is 2. The maximum absolute atomic E-state index is 13.2. The van der Waals surface area contributed by atoms with Gasteiger partial charge in [0.15, 0.2) is 5.16 Å². The largest absolute Gasteiger partial charge is 0.349 e. The van der Waals surface area contributed by atoms with Gasteiger partial charge in [-0.2, -0.15) is 0 Å². The average Bonchev–Trinajstić information content (AvgIpc) is 3.27. The number of hydrogen-bond acceptors (Lipinski definition) is 4. The fourth-order valence-corrected chi connectivity index (χ4v) is 4.83. The third-order valence-electron chi connectivity index (χ3n) is 5.47. The molecule has 1 unspecified atom stereocenters. The van der Waals surface area contributed by atoms with Crippen LogP contribution in [0.5, 0.6) is 0 Å². The van der Waals surface area contributed by atoms with Crippen molar-refractivity contribution >= 4 is 28.6 Å². The first-order valence-corrected chi connectivity index (χ1v) is 11.1. The number of rotatable bonds is 6. The molecule has 6 heteroatoms. The van der Waals surface area contributed by atoms with Gasteiger partial charge in [0.1, 0.15) is 0 Å². The fourth-order valence-electron chi connectivity index (χ4n) is 3.95. The van der Waals surface area contributed by atoms with Crippen LogP contribution < -0.4 is 10.9 Å². The Hall–Kier alpha value is -2.60. The number of para-hydroxylation sites is 1. The van der Waals surface area contributed by atoms with Gasteiger partial charge in [-0.1, -0.05) is 67.1 Å². The van der Waals surface area contributed by atoms with Crippen LogP contribution in [0.1, 0.15) is 50.3 Å². The number of thioether (sulfide) groups is 1. The Labute approximate surface area is 174 Å². The maximum atomic E-state index is 13.2. The Morgan fingerprint density at radius 3 is 2.59 bits per heavy atom. The first-order valence-electron chi connectivity index (χ1n) is 10.1. The summed E-state index contributed by atoms with van der Waals surface area (Å²) in [5, 5.41) is 4.32. The fraction of sp³-hybridized carbons (Fsp3) is 0.348. The van der Waals surface area contributed by atoms with Crippen molar-refractivity contribution in [2.75, 3.05) is 5.75 Å². The lowest BCUT2D eigenvalue weighted by Crippen LogP contribution is -2.30. The van der Waals surface area contributed by atoms with Crippen molar-refractivity contribution in [1.82, 2.24) is 14.9 Å². The summed E-state index contributed by atoms with van der Waals surface area (Å²) in [6, 6.07) is 17.4. The zero-order valence-corrected chi connectivity index (χ0v) is 17.3. The topological polar surface area (TPSA) is 64.0 Å². The summed E-state index contributed by atoms with van der Waals surface area (Å²) in [5.74, 6) is 0.168. The van der Waals surface area contributed by atoms with E-state index in [4.69, 9.17) is 4.98 Å². The minimum absolute atomic E-state index is 0.00283. The second-order valence-corrected chi connectivity index (χ2v) is 8.46. The molecule has 1 amide bonds. The van der Waals surface area contributed by atoms with Crippen LogP contribution in [0.4, 0.5) is 0 Å². The molecule has 0 spiro atoms. The zero-order chi connectivity index (χ0) is 20.2. The normalized spacial score (nSPS) is 15.5. The average molecular weight is 408 g/mol. The molecule has 5 nitrogen and oxygen atoms in total. The van der Waals surface area contributed by atoms with Crippen molar-refractivity contribution in [3.05, 3.63) is 70.5 Å². The van der Waals surface area contributed by atoms with Gasteiger partial charge < -0.3 is 5.32 Å². The van der Waals surface area contributed by atoms with E-state index in [0.717, 1.165) is 31.2 Å². The Balaban J connectivity index is 1.54. The summed E-state index contributed by atoms with van der Waals surface area (Å²) in [7, 11) is 0. The molecule has 0 radical (unpaired) electrons. The lowest BCUT2D eigenvalue weighted by molar-refractivity contribution is -0.119. The monoisotopic (exact) mass is 407 g/mol. The maximum Gasteiger partial charge on any atom is 0.262 e. The van der Waals surface area contributed by atoms with Gasteiger partial charge in [-0.05, 0) is 37.5 Å². The van der Waals surface area contributed by atoms with Gasteiger partial charge in [0.2, 0.25) is 5.91 Å². The number of fused-ring (bicyclic) bond motifs is 1. The Morgan fingerprint density at radius 2 is 1.83 bits per heavy atom. The molecule has 0 aliphatic heterocycles. The molecule has 2 aromatic carbocycles. The summed E-state index contributed by atoms with van der Waals surface area (Å²) in [4.78, 5) is 30.4. The second kappa shape index (κ2) is 8.82. The molecule has 0 saturated heterocycles. The summed E-state index contributed by atoms with van der Waals surface area (Å²) in [6.07, 6.45) is 4.24. The second-order valence-electron chi connectivity index (χ2n) is 7.51. The van der Waals surface area contributed by atoms with Gasteiger partial charge in [-0.15, -0.1) is 0 Å². The van der Waals surface area contributed by atoms with Gasteiger partial charge in [0.05, 0.1) is 22.7 Å². The molecule has 0 bridgehead atoms. The minimum Gasteiger partial charge on any atom is -0.349 e. The van der Waals surface area contributed by atoms with Gasteiger partial charge in [-0.3, -0.25) is 14.2 Å². The predicted octanol–water partition coefficient (Wildman–Crippen LogP) is 4.48. The standard InChI is InChI=1S/C23H25N3O2S/c1-16(17-9-3-2-4-10-17)24-21(27)15-29-23-25-20-14-8-7-13-19(20)22(28)26(23)18-11-5-6-12-18/h2-4,7-10,13-14,16,18H,5-6,11-12,15H2,1H3,(H,24,27). The van der Waals surface area contributed by atoms with Gasteiger partial charge in [0, 0.05) is 6.04 Å². The van der Waals surface area contributed by atoms with Crippen molar-refractivity contribution in [1.29, 1.82) is 0 Å². The van der Waals surface area contributed by atoms with Crippen molar-refractivity contribution in [2.45, 2.75) is 49.8 Å². The molecule has 1 atom stereocenters. The number of benzene rings is 2. The van der Waals surface area contributed by atoms with Gasteiger partial charge >= 0.3 is 0 Å². The molecular formula is C23H25N3O2S. The van der Waals surface area contributed by atoms with Gasteiger partial charge in [0.25, 0.3) is 5.56 Å². The van der Waals surface area contributed by atoms with Crippen LogP contribution in [0.25, 0.3) is 10.9 Å². The molecule has 1 heterocycles. The zero-order valence-electron chi connectivity index (χ0n) is 16.5. The molecule has 1 aliphatic rings. The highest BCUT2D eigenvalue weighted by Gasteiger charge is 2.23. The molecule has 1 N–H and O–H groups in total. The smallest absolute Gasteiger partial charge is 0.262 e. The first-order chi connectivity index (χ1) is 14.1. The van der Waals surface area contributed by atoms with Crippen molar-refractivity contribution in [3.8, 4) is 0 Å². The minimum atomic E-state index is -0.0640. The number of nitrogens with one attached hydrogen (secondary N) is 1. The van der Waals surface area contributed by atoms with Crippen LogP contribution in [0.2, 0.25) is 0 Å². The number of amides is 1. The van der Waals surface area contributed by atoms with Gasteiger partial charge in [-0.25, -0.2) is 4.98 Å². The number of aromatic nitrogens is 2. The Bertz CT molecular complexity index is 1060. The highest BCUT2D eigenvalue weighted by atomic mass is 32.2. The van der Waals surface area contributed by atoms with Crippen LogP contribution in [0.15, 0.2) is 64.5 Å². The summed E-state index contributed by atoms with van der Waals surface area (Å²) < 4.78 is 1.83. The molecule has 1 saturated carbocycles. The molecule has 3 aromatic rings. The SMILES string of the molecule is CC(NC(=O)CSc1nc2ccccc2c(=O)n1C1CCCC1)c1ccccc1. The third-order valence-corrected chi connectivity index (χ3v) is 6.43. The van der Waals surface area contributed by atoms with E-state index in [-0.39, 0.29) is 29.3 Å². The van der Waals surface area contributed by atoms with Crippen molar-refractivity contribution in [2.24, 2.45) is 0 Å². The van der Waals surface area contributed by atoms with E-state index in [1.54, 1.807) is 0 Å². The van der Waals surface area contributed by atoms with Crippen LogP contribution in [0, 0.1) is 0 Å². The van der Waals surface area contributed by atoms with E-state index < -0.39 is 0 Å². The van der Waals surface area contributed by atoms with E-state index in [2.05, 4.69) is 5.32 Å². The van der Waals surface area contributed by atoms with Crippen molar-refractivity contribution in [3.63, 3.8) is 0 Å². The number of carbonyl (C=O) groups excluding carboxylic acids is 1. The number of hydrogen-bond donors (Lipinski definition) is 1. The van der Waals surface area contributed by atoms with Crippen molar-refractivity contribution < 1.29 is 4.79 Å². The van der Waals surface area contributed by atoms with E-state index in [9.17, 15) is 9.59 Å². The third kappa shape index (κ3) is 4.37. The van der Waals surface area contributed by atoms with E-state index in [1.165, 1.54) is 11.8 Å². The molecular weight excluding hydrogens is 382 g/mol. The highest BCUT2D eigenvalue weighted by molar-refractivity contribution is 7.99. The van der Waals surface area contributed by atoms with Crippen LogP contribution in [-0.4, -0.2) is 21.2 Å². The lowest BCUT2D eigenvalue weighted by Gasteiger charge is -2.19. The molecule has 1 aromatic heterocycles. The summed E-state index contributed by atoms with van der Waals surface area (Å²) in [5.41, 5.74) is 1.76.